The van der Waals surface area contributed by atoms with Crippen molar-refractivity contribution < 1.29 is 19.4 Å². The zero-order valence-corrected chi connectivity index (χ0v) is 17.8. The zero-order chi connectivity index (χ0) is 19.9. The molecule has 5 atom stereocenters. The first-order valence-corrected chi connectivity index (χ1v) is 11.2. The SMILES string of the molecule is O=C(O)C1C2c3ccccc3C3(c4cccc2c43)C1C(=O)OC1C=C(I)CCC1. The van der Waals surface area contributed by atoms with Gasteiger partial charge in [0.15, 0.2) is 0 Å². The summed E-state index contributed by atoms with van der Waals surface area (Å²) in [7, 11) is 0. The summed E-state index contributed by atoms with van der Waals surface area (Å²) in [6.07, 6.45) is 4.56. The summed E-state index contributed by atoms with van der Waals surface area (Å²) in [5, 5.41) is 10.2. The third kappa shape index (κ3) is 2.14. The van der Waals surface area contributed by atoms with Crippen LogP contribution in [0.25, 0.3) is 0 Å². The predicted molar refractivity (Wildman–Crippen MR) is 115 cm³/mol. The Kier molecular flexibility index (Phi) is 3.62. The lowest BCUT2D eigenvalue weighted by atomic mass is 9.55. The van der Waals surface area contributed by atoms with Crippen molar-refractivity contribution in [2.24, 2.45) is 11.8 Å². The summed E-state index contributed by atoms with van der Waals surface area (Å²) in [5.41, 5.74) is 4.85. The fourth-order valence-corrected chi connectivity index (χ4v) is 6.97. The van der Waals surface area contributed by atoms with E-state index in [2.05, 4.69) is 28.7 Å². The summed E-state index contributed by atoms with van der Waals surface area (Å²) in [6, 6.07) is 14.1. The Bertz CT molecular complexity index is 1120. The molecule has 5 unspecified atom stereocenters. The standard InChI is InChI=1S/C24H19IO4/c25-12-5-3-6-13(11-12)29-23(28)21-19(22(26)27)18-14-7-1-2-9-16(14)24(21)17-10-4-8-15(18)20(17)24/h1-2,4,7-11,13,18-19,21H,3,5-6H2,(H,26,27). The van der Waals surface area contributed by atoms with E-state index in [4.69, 9.17) is 4.74 Å². The fourth-order valence-electron chi connectivity index (χ4n) is 6.18. The quantitative estimate of drug-likeness (QED) is 0.500. The average molecular weight is 498 g/mol. The molecule has 7 rings (SSSR count). The minimum absolute atomic E-state index is 0.258. The molecule has 1 spiro atoms. The molecule has 5 heteroatoms. The van der Waals surface area contributed by atoms with Crippen LogP contribution in [0.5, 0.6) is 0 Å². The van der Waals surface area contributed by atoms with Gasteiger partial charge in [-0.3, -0.25) is 9.59 Å². The van der Waals surface area contributed by atoms with Crippen LogP contribution < -0.4 is 0 Å². The van der Waals surface area contributed by atoms with Crippen molar-refractivity contribution in [1.82, 2.24) is 0 Å². The van der Waals surface area contributed by atoms with Crippen LogP contribution in [-0.2, 0) is 19.7 Å². The second kappa shape index (κ2) is 5.94. The van der Waals surface area contributed by atoms with Gasteiger partial charge >= 0.3 is 11.9 Å². The van der Waals surface area contributed by atoms with Gasteiger partial charge in [-0.1, -0.05) is 42.5 Å². The van der Waals surface area contributed by atoms with Gasteiger partial charge in [0.05, 0.1) is 17.3 Å². The summed E-state index contributed by atoms with van der Waals surface area (Å²) in [4.78, 5) is 26.0. The van der Waals surface area contributed by atoms with E-state index >= 15 is 0 Å². The molecule has 2 bridgehead atoms. The third-order valence-electron chi connectivity index (χ3n) is 7.17. The van der Waals surface area contributed by atoms with Crippen LogP contribution in [0, 0.1) is 11.8 Å². The molecule has 29 heavy (non-hydrogen) atoms. The van der Waals surface area contributed by atoms with Crippen LogP contribution >= 0.6 is 22.6 Å². The number of aliphatic carboxylic acids is 1. The largest absolute Gasteiger partial charge is 0.481 e. The molecule has 2 aromatic rings. The van der Waals surface area contributed by atoms with Gasteiger partial charge in [-0.15, -0.1) is 0 Å². The molecule has 0 heterocycles. The molecule has 0 saturated carbocycles. The van der Waals surface area contributed by atoms with E-state index in [1.165, 1.54) is 3.58 Å². The van der Waals surface area contributed by atoms with Crippen molar-refractivity contribution in [2.45, 2.75) is 36.7 Å². The summed E-state index contributed by atoms with van der Waals surface area (Å²) in [5.74, 6) is -3.11. The number of fused-ring (bicyclic) bond motifs is 1. The molecule has 0 fully saturated rings. The average Bonchev–Trinajstić information content (AvgIpc) is 3.38. The summed E-state index contributed by atoms with van der Waals surface area (Å²) >= 11 is 2.29. The lowest BCUT2D eigenvalue weighted by Gasteiger charge is -2.46. The first-order chi connectivity index (χ1) is 14.0. The molecule has 1 N–H and O–H groups in total. The predicted octanol–water partition coefficient (Wildman–Crippen LogP) is 4.52. The number of benzene rings is 2. The monoisotopic (exact) mass is 498 g/mol. The zero-order valence-electron chi connectivity index (χ0n) is 15.6. The number of halogens is 1. The first-order valence-electron chi connectivity index (χ1n) is 10.1. The number of carbonyl (C=O) groups excluding carboxylic acids is 1. The van der Waals surface area contributed by atoms with Gasteiger partial charge in [0.25, 0.3) is 0 Å². The molecule has 0 radical (unpaired) electrons. The highest BCUT2D eigenvalue weighted by atomic mass is 127. The van der Waals surface area contributed by atoms with E-state index in [0.29, 0.717) is 0 Å². The van der Waals surface area contributed by atoms with Crippen LogP contribution in [0.3, 0.4) is 0 Å². The van der Waals surface area contributed by atoms with E-state index < -0.39 is 23.2 Å². The van der Waals surface area contributed by atoms with Crippen molar-refractivity contribution >= 4 is 34.5 Å². The second-order valence-electron chi connectivity index (χ2n) is 8.47. The topological polar surface area (TPSA) is 63.6 Å². The molecule has 0 aliphatic heterocycles. The highest BCUT2D eigenvalue weighted by Crippen LogP contribution is 2.73. The van der Waals surface area contributed by atoms with Crippen molar-refractivity contribution in [3.63, 3.8) is 0 Å². The molecule has 146 valence electrons. The Balaban J connectivity index is 1.50. The lowest BCUT2D eigenvalue weighted by Crippen LogP contribution is -2.51. The Morgan fingerprint density at radius 1 is 1.07 bits per heavy atom. The van der Waals surface area contributed by atoms with Gasteiger partial charge in [-0.05, 0) is 79.3 Å². The van der Waals surface area contributed by atoms with Gasteiger partial charge in [0.1, 0.15) is 6.10 Å². The van der Waals surface area contributed by atoms with Gasteiger partial charge in [0.2, 0.25) is 0 Å². The van der Waals surface area contributed by atoms with Crippen LogP contribution in [-0.4, -0.2) is 23.1 Å². The molecular formula is C24H19IO4. The smallest absolute Gasteiger partial charge is 0.312 e. The highest BCUT2D eigenvalue weighted by Gasteiger charge is 2.72. The maximum absolute atomic E-state index is 13.5. The van der Waals surface area contributed by atoms with Crippen LogP contribution in [0.15, 0.2) is 52.1 Å². The molecule has 0 aromatic heterocycles. The molecular weight excluding hydrogens is 479 g/mol. The Morgan fingerprint density at radius 2 is 1.83 bits per heavy atom. The number of rotatable bonds is 3. The van der Waals surface area contributed by atoms with Crippen molar-refractivity contribution in [3.8, 4) is 0 Å². The minimum Gasteiger partial charge on any atom is -0.481 e. The second-order valence-corrected chi connectivity index (χ2v) is 9.85. The minimum atomic E-state index is -0.919. The Labute approximate surface area is 182 Å². The fraction of sp³-hybridized carbons (Fsp3) is 0.333. The molecule has 0 amide bonds. The van der Waals surface area contributed by atoms with Gasteiger partial charge in [-0.25, -0.2) is 0 Å². The Morgan fingerprint density at radius 3 is 2.62 bits per heavy atom. The normalized spacial score (nSPS) is 32.7. The Hall–Kier alpha value is -2.15. The number of carboxylic acid groups (broad SMARTS) is 1. The molecule has 2 aromatic carbocycles. The van der Waals surface area contributed by atoms with E-state index in [1.54, 1.807) is 0 Å². The van der Waals surface area contributed by atoms with E-state index in [0.717, 1.165) is 47.1 Å². The van der Waals surface area contributed by atoms with Crippen molar-refractivity contribution in [1.29, 1.82) is 0 Å². The first kappa shape index (κ1) is 17.7. The summed E-state index contributed by atoms with van der Waals surface area (Å²) < 4.78 is 7.14. The van der Waals surface area contributed by atoms with Crippen molar-refractivity contribution in [2.75, 3.05) is 0 Å². The number of carboxylic acids is 1. The molecule has 0 saturated heterocycles. The van der Waals surface area contributed by atoms with Crippen LogP contribution in [0.1, 0.15) is 53.0 Å². The number of allylic oxidation sites excluding steroid dienone is 1. The maximum atomic E-state index is 13.5. The van der Waals surface area contributed by atoms with Gasteiger partial charge in [-0.2, -0.15) is 0 Å². The van der Waals surface area contributed by atoms with Gasteiger partial charge in [0, 0.05) is 5.92 Å². The number of carbonyl (C=O) groups is 2. The van der Waals surface area contributed by atoms with Crippen molar-refractivity contribution in [3.05, 3.63) is 79.9 Å². The van der Waals surface area contributed by atoms with E-state index in [1.807, 2.05) is 42.5 Å². The van der Waals surface area contributed by atoms with E-state index in [-0.39, 0.29) is 18.0 Å². The van der Waals surface area contributed by atoms with Crippen LogP contribution in [0.2, 0.25) is 0 Å². The maximum Gasteiger partial charge on any atom is 0.312 e. The third-order valence-corrected chi connectivity index (χ3v) is 8.07. The number of esters is 1. The number of hydrogen-bond acceptors (Lipinski definition) is 3. The highest BCUT2D eigenvalue weighted by molar-refractivity contribution is 14.1. The van der Waals surface area contributed by atoms with Crippen LogP contribution in [0.4, 0.5) is 0 Å². The molecule has 4 nitrogen and oxygen atoms in total. The number of ether oxygens (including phenoxy) is 1. The summed E-state index contributed by atoms with van der Waals surface area (Å²) in [6.45, 7) is 0. The molecule has 5 aliphatic carbocycles. The number of hydrogen-bond donors (Lipinski definition) is 1. The lowest BCUT2D eigenvalue weighted by molar-refractivity contribution is -0.163. The van der Waals surface area contributed by atoms with Gasteiger partial charge < -0.3 is 9.84 Å². The molecule has 5 aliphatic rings. The van der Waals surface area contributed by atoms with E-state index in [9.17, 15) is 14.7 Å².